The van der Waals surface area contributed by atoms with Crippen LogP contribution < -0.4 is 0 Å². The number of aliphatic carboxylic acids is 1. The monoisotopic (exact) mass is 456 g/mol. The van der Waals surface area contributed by atoms with Crippen molar-refractivity contribution in [1.82, 2.24) is 0 Å². The zero-order valence-corrected chi connectivity index (χ0v) is 12.6. The minimum atomic E-state index is -8.32. The maximum Gasteiger partial charge on any atom is 0.460 e. The highest BCUT2D eigenvalue weighted by Crippen LogP contribution is 2.62. The summed E-state index contributed by atoms with van der Waals surface area (Å²) in [6.45, 7) is 0. The van der Waals surface area contributed by atoms with E-state index >= 15 is 0 Å². The highest BCUT2D eigenvalue weighted by Gasteiger charge is 2.93. The summed E-state index contributed by atoms with van der Waals surface area (Å²) in [6, 6.07) is 0. The van der Waals surface area contributed by atoms with Gasteiger partial charge >= 0.3 is 47.7 Å². The van der Waals surface area contributed by atoms with Crippen molar-refractivity contribution in [3.05, 3.63) is 0 Å². The highest BCUT2D eigenvalue weighted by atomic mass is 19.4. The largest absolute Gasteiger partial charge is 0.481 e. The first-order valence-corrected chi connectivity index (χ1v) is 6.47. The Morgan fingerprint density at radius 2 is 0.893 bits per heavy atom. The van der Waals surface area contributed by atoms with Crippen LogP contribution in [0.5, 0.6) is 0 Å². The van der Waals surface area contributed by atoms with E-state index in [0.29, 0.717) is 0 Å². The third kappa shape index (κ3) is 3.79. The van der Waals surface area contributed by atoms with E-state index in [1.54, 1.807) is 0 Å². The van der Waals surface area contributed by atoms with Crippen molar-refractivity contribution in [1.29, 1.82) is 0 Å². The van der Waals surface area contributed by atoms with Crippen molar-refractivity contribution >= 4 is 5.97 Å². The molecule has 0 bridgehead atoms. The molecule has 0 saturated heterocycles. The number of carboxylic acid groups (broad SMARTS) is 1. The highest BCUT2D eigenvalue weighted by molar-refractivity contribution is 5.66. The van der Waals surface area contributed by atoms with Crippen molar-refractivity contribution in [2.45, 2.75) is 61.0 Å². The van der Waals surface area contributed by atoms with E-state index in [4.69, 9.17) is 5.11 Å². The number of hydrogen-bond acceptors (Lipinski definition) is 1. The Labute approximate surface area is 144 Å². The van der Waals surface area contributed by atoms with Crippen LogP contribution in [0.15, 0.2) is 0 Å². The molecule has 0 aliphatic heterocycles. The second kappa shape index (κ2) is 7.03. The van der Waals surface area contributed by atoms with Crippen molar-refractivity contribution in [2.75, 3.05) is 0 Å². The maximum absolute atomic E-state index is 13.2. The van der Waals surface area contributed by atoms with Crippen LogP contribution in [0, 0.1) is 0 Å². The topological polar surface area (TPSA) is 37.3 Å². The van der Waals surface area contributed by atoms with Crippen LogP contribution in [-0.4, -0.2) is 52.8 Å². The summed E-state index contributed by atoms with van der Waals surface area (Å²) in [7, 11) is 0. The van der Waals surface area contributed by atoms with Gasteiger partial charge in [0.15, 0.2) is 0 Å². The molecule has 0 radical (unpaired) electrons. The molecule has 0 aliphatic carbocycles. The number of carbonyl (C=O) groups is 1. The van der Waals surface area contributed by atoms with Crippen molar-refractivity contribution in [3.8, 4) is 0 Å². The lowest BCUT2D eigenvalue weighted by Crippen LogP contribution is -2.72. The molecule has 0 saturated carbocycles. The summed E-state index contributed by atoms with van der Waals surface area (Å²) in [5, 5.41) is 8.09. The molecule has 0 aromatic carbocycles. The fourth-order valence-corrected chi connectivity index (χ4v) is 1.62. The molecule has 0 amide bonds. The second-order valence-corrected chi connectivity index (χ2v) is 5.32. The van der Waals surface area contributed by atoms with Crippen LogP contribution in [0.2, 0.25) is 0 Å². The molecular weight excluding hydrogens is 449 g/mol. The van der Waals surface area contributed by atoms with Crippen molar-refractivity contribution in [3.63, 3.8) is 0 Å². The van der Waals surface area contributed by atoms with E-state index in [1.807, 2.05) is 0 Å². The first-order valence-electron chi connectivity index (χ1n) is 6.47. The summed E-state index contributed by atoms with van der Waals surface area (Å²) in [5.74, 6) is -48.6. The molecule has 0 fully saturated rings. The molecule has 28 heavy (non-hydrogen) atoms. The third-order valence-corrected chi connectivity index (χ3v) is 3.27. The first kappa shape index (κ1) is 26.4. The normalized spacial score (nSPS) is 15.7. The molecule has 0 atom stereocenters. The van der Waals surface area contributed by atoms with E-state index in [-0.39, 0.29) is 0 Å². The molecule has 1 N–H and O–H groups in total. The summed E-state index contributed by atoms with van der Waals surface area (Å²) in [5.41, 5.74) is 0. The van der Waals surface area contributed by atoms with Crippen LogP contribution in [-0.2, 0) is 4.79 Å². The minimum Gasteiger partial charge on any atom is -0.481 e. The number of hydrogen-bond donors (Lipinski definition) is 1. The van der Waals surface area contributed by atoms with Crippen LogP contribution in [0.3, 0.4) is 0 Å². The molecule has 2 nitrogen and oxygen atoms in total. The second-order valence-electron chi connectivity index (χ2n) is 5.32. The molecule has 0 spiro atoms. The van der Waals surface area contributed by atoms with Gasteiger partial charge in [-0.25, -0.2) is 0 Å². The Kier molecular flexibility index (Phi) is 6.64. The molecule has 0 aromatic heterocycles. The minimum absolute atomic E-state index is 1.41. The summed E-state index contributed by atoms with van der Waals surface area (Å²) < 4.78 is 192. The molecule has 0 aliphatic rings. The van der Waals surface area contributed by atoms with Gasteiger partial charge in [0, 0.05) is 12.8 Å². The van der Waals surface area contributed by atoms with Crippen LogP contribution in [0.1, 0.15) is 19.3 Å². The lowest BCUT2D eigenvalue weighted by atomic mass is 9.89. The van der Waals surface area contributed by atoms with E-state index in [2.05, 4.69) is 0 Å². The zero-order valence-electron chi connectivity index (χ0n) is 12.6. The smallest absolute Gasteiger partial charge is 0.460 e. The number of carboxylic acids is 1. The van der Waals surface area contributed by atoms with E-state index in [0.717, 1.165) is 0 Å². The molecular formula is C11H7F15O2. The predicted molar refractivity (Wildman–Crippen MR) is 57.2 cm³/mol. The lowest BCUT2D eigenvalue weighted by molar-refractivity contribution is -0.452. The van der Waals surface area contributed by atoms with E-state index in [9.17, 15) is 70.7 Å². The van der Waals surface area contributed by atoms with Gasteiger partial charge in [0.1, 0.15) is 0 Å². The van der Waals surface area contributed by atoms with Crippen molar-refractivity contribution < 1.29 is 75.8 Å². The van der Waals surface area contributed by atoms with Crippen LogP contribution in [0.25, 0.3) is 0 Å². The van der Waals surface area contributed by atoms with Gasteiger partial charge < -0.3 is 5.11 Å². The quantitative estimate of drug-likeness (QED) is 0.458. The Hall–Kier alpha value is -1.58. The predicted octanol–water partition coefficient (Wildman–Crippen LogP) is 5.62. The van der Waals surface area contributed by atoms with Gasteiger partial charge in [0.2, 0.25) is 0 Å². The fourth-order valence-electron chi connectivity index (χ4n) is 1.62. The van der Waals surface area contributed by atoms with Gasteiger partial charge in [-0.1, -0.05) is 0 Å². The Bertz CT molecular complexity index is 577. The lowest BCUT2D eigenvalue weighted by Gasteiger charge is -2.41. The average Bonchev–Trinajstić information content (AvgIpc) is 2.44. The first-order chi connectivity index (χ1) is 11.9. The van der Waals surface area contributed by atoms with E-state index < -0.39 is 66.9 Å². The Balaban J connectivity index is 6.20. The molecule has 0 aromatic rings. The van der Waals surface area contributed by atoms with Gasteiger partial charge in [0.25, 0.3) is 0 Å². The number of rotatable bonds is 9. The molecule has 0 unspecified atom stereocenters. The van der Waals surface area contributed by atoms with Gasteiger partial charge in [0.05, 0.1) is 0 Å². The SMILES string of the molecule is O=C(O)CCCC(F)(F)C(F)(F)C(F)(F)C(F)(F)C(F)(F)C(F)(F)C(F)(F)F. The molecule has 0 heterocycles. The standard InChI is InChI=1S/C11H7F15O2/c12-5(13,3-1-2-4(27)28)6(14,15)7(16,17)8(18,19)9(20,21)10(22,23)11(24,25)26/h1-3H2,(H,27,28). The summed E-state index contributed by atoms with van der Waals surface area (Å²) in [4.78, 5) is 10.0. The average molecular weight is 456 g/mol. The summed E-state index contributed by atoms with van der Waals surface area (Å²) >= 11 is 0. The zero-order chi connectivity index (χ0) is 23.2. The van der Waals surface area contributed by atoms with Crippen LogP contribution >= 0.6 is 0 Å². The van der Waals surface area contributed by atoms with Crippen LogP contribution in [0.4, 0.5) is 65.9 Å². The molecule has 0 rings (SSSR count). The Morgan fingerprint density at radius 1 is 0.571 bits per heavy atom. The van der Waals surface area contributed by atoms with E-state index in [1.165, 1.54) is 0 Å². The van der Waals surface area contributed by atoms with Gasteiger partial charge in [-0.3, -0.25) is 4.79 Å². The third-order valence-electron chi connectivity index (χ3n) is 3.27. The maximum atomic E-state index is 13.2. The van der Waals surface area contributed by atoms with Gasteiger partial charge in [-0.2, -0.15) is 65.9 Å². The Morgan fingerprint density at radius 3 is 1.21 bits per heavy atom. The molecule has 168 valence electrons. The molecule has 17 heteroatoms. The van der Waals surface area contributed by atoms with Crippen molar-refractivity contribution in [2.24, 2.45) is 0 Å². The fraction of sp³-hybridized carbons (Fsp3) is 0.909. The summed E-state index contributed by atoms with van der Waals surface area (Å²) in [6.07, 6.45) is -13.3. The number of halogens is 15. The number of alkyl halides is 15. The van der Waals surface area contributed by atoms with Gasteiger partial charge in [-0.05, 0) is 6.42 Å². The van der Waals surface area contributed by atoms with Gasteiger partial charge in [-0.15, -0.1) is 0 Å².